The van der Waals surface area contributed by atoms with Crippen LogP contribution in [0, 0.1) is 0 Å². The number of rotatable bonds is 4. The second-order valence-electron chi connectivity index (χ2n) is 7.04. The molecule has 0 spiro atoms. The summed E-state index contributed by atoms with van der Waals surface area (Å²) in [5.41, 5.74) is 2.00. The molecule has 1 aromatic heterocycles. The minimum absolute atomic E-state index is 0.0412. The van der Waals surface area contributed by atoms with Gasteiger partial charge in [0.25, 0.3) is 5.91 Å². The molecule has 4 rings (SSSR count). The fraction of sp³-hybridized carbons (Fsp3) is 0.450. The van der Waals surface area contributed by atoms with E-state index >= 15 is 0 Å². The first kappa shape index (κ1) is 15.3. The lowest BCUT2D eigenvalue weighted by molar-refractivity contribution is 0.0925. The molecular weight excluding hydrogens is 298 g/mol. The minimum Gasteiger partial charge on any atom is -0.349 e. The molecule has 2 saturated carbocycles. The van der Waals surface area contributed by atoms with E-state index in [0.29, 0.717) is 17.4 Å². The number of aromatic nitrogens is 2. The second-order valence-corrected chi connectivity index (χ2v) is 7.04. The summed E-state index contributed by atoms with van der Waals surface area (Å²) in [4.78, 5) is 21.0. The van der Waals surface area contributed by atoms with Gasteiger partial charge in [-0.3, -0.25) is 4.79 Å². The molecule has 0 atom stereocenters. The zero-order valence-electron chi connectivity index (χ0n) is 13.8. The zero-order chi connectivity index (χ0) is 16.4. The Morgan fingerprint density at radius 3 is 2.12 bits per heavy atom. The average molecular weight is 321 g/mol. The molecule has 1 amide bonds. The summed E-state index contributed by atoms with van der Waals surface area (Å²) in [5.74, 6) is 1.99. The molecule has 0 unspecified atom stereocenters. The molecule has 2 aromatic rings. The normalized spacial score (nSPS) is 23.7. The smallest absolute Gasteiger partial charge is 0.254 e. The van der Waals surface area contributed by atoms with Crippen molar-refractivity contribution in [2.75, 3.05) is 0 Å². The Morgan fingerprint density at radius 1 is 0.875 bits per heavy atom. The van der Waals surface area contributed by atoms with Crippen LogP contribution in [0.1, 0.15) is 72.1 Å². The number of amides is 1. The first-order valence-electron chi connectivity index (χ1n) is 8.97. The third-order valence-electron chi connectivity index (χ3n) is 5.21. The number of nitrogens with zero attached hydrogens (tertiary/aromatic N) is 2. The number of hydrogen-bond donors (Lipinski definition) is 1. The van der Waals surface area contributed by atoms with Crippen LogP contribution in [0.25, 0.3) is 0 Å². The summed E-state index contributed by atoms with van der Waals surface area (Å²) in [5, 5.41) is 3.15. The van der Waals surface area contributed by atoms with Crippen LogP contribution in [0.15, 0.2) is 42.7 Å². The Labute approximate surface area is 142 Å². The summed E-state index contributed by atoms with van der Waals surface area (Å²) in [6, 6.07) is 11.0. The summed E-state index contributed by atoms with van der Waals surface area (Å²) in [7, 11) is 0. The van der Waals surface area contributed by atoms with Crippen LogP contribution in [0.5, 0.6) is 0 Å². The van der Waals surface area contributed by atoms with Crippen molar-refractivity contribution in [2.24, 2.45) is 0 Å². The lowest BCUT2D eigenvalue weighted by atomic mass is 9.82. The van der Waals surface area contributed by atoms with Crippen molar-refractivity contribution in [3.05, 3.63) is 59.7 Å². The maximum absolute atomic E-state index is 12.4. The van der Waals surface area contributed by atoms with Crippen LogP contribution in [-0.4, -0.2) is 21.9 Å². The Hall–Kier alpha value is -2.23. The number of carbonyl (C=O) groups is 1. The first-order chi connectivity index (χ1) is 11.8. The summed E-state index contributed by atoms with van der Waals surface area (Å²) in [6.45, 7) is 0. The molecule has 1 heterocycles. The summed E-state index contributed by atoms with van der Waals surface area (Å²) in [6.07, 6.45) is 10.0. The van der Waals surface area contributed by atoms with Crippen LogP contribution in [0.2, 0.25) is 0 Å². The highest BCUT2D eigenvalue weighted by Crippen LogP contribution is 2.37. The zero-order valence-corrected chi connectivity index (χ0v) is 13.8. The monoisotopic (exact) mass is 321 g/mol. The highest BCUT2D eigenvalue weighted by atomic mass is 16.1. The lowest BCUT2D eigenvalue weighted by Gasteiger charge is -2.29. The quantitative estimate of drug-likeness (QED) is 0.931. The van der Waals surface area contributed by atoms with Crippen molar-refractivity contribution < 1.29 is 4.79 Å². The summed E-state index contributed by atoms with van der Waals surface area (Å²) < 4.78 is 0. The van der Waals surface area contributed by atoms with Gasteiger partial charge >= 0.3 is 0 Å². The molecule has 4 nitrogen and oxygen atoms in total. The molecule has 4 heteroatoms. The minimum atomic E-state index is -0.0412. The maximum atomic E-state index is 12.4. The van der Waals surface area contributed by atoms with E-state index in [1.165, 1.54) is 18.4 Å². The molecule has 1 aromatic carbocycles. The molecule has 0 radical (unpaired) electrons. The number of benzene rings is 1. The van der Waals surface area contributed by atoms with Crippen LogP contribution in [0.3, 0.4) is 0 Å². The predicted octanol–water partition coefficient (Wildman–Crippen LogP) is 3.81. The molecule has 24 heavy (non-hydrogen) atoms. The standard InChI is InChI=1S/C20H23N3O/c24-20(17-12-21-19(22-13-17)16-6-7-16)23-18-10-8-15(9-11-18)14-4-2-1-3-5-14/h1-5,12-13,15-16,18H,6-11H2,(H,23,24). The van der Waals surface area contributed by atoms with Gasteiger partial charge in [0.05, 0.1) is 5.56 Å². The molecule has 2 fully saturated rings. The van der Waals surface area contributed by atoms with Crippen LogP contribution >= 0.6 is 0 Å². The van der Waals surface area contributed by atoms with Crippen molar-refractivity contribution in [1.82, 2.24) is 15.3 Å². The Bertz CT molecular complexity index is 687. The number of hydrogen-bond acceptors (Lipinski definition) is 3. The molecule has 2 aliphatic rings. The average Bonchev–Trinajstić information content (AvgIpc) is 3.48. The molecule has 2 aliphatic carbocycles. The van der Waals surface area contributed by atoms with Crippen molar-refractivity contribution in [3.8, 4) is 0 Å². The fourth-order valence-corrected chi connectivity index (χ4v) is 3.57. The molecule has 0 saturated heterocycles. The van der Waals surface area contributed by atoms with E-state index in [-0.39, 0.29) is 11.9 Å². The van der Waals surface area contributed by atoms with Gasteiger partial charge in [0.1, 0.15) is 5.82 Å². The SMILES string of the molecule is O=C(NC1CCC(c2ccccc2)CC1)c1cnc(C2CC2)nc1. The van der Waals surface area contributed by atoms with Crippen molar-refractivity contribution in [1.29, 1.82) is 0 Å². The maximum Gasteiger partial charge on any atom is 0.254 e. The predicted molar refractivity (Wildman–Crippen MR) is 92.9 cm³/mol. The van der Waals surface area contributed by atoms with E-state index in [1.54, 1.807) is 12.4 Å². The van der Waals surface area contributed by atoms with Gasteiger partial charge in [-0.15, -0.1) is 0 Å². The van der Waals surface area contributed by atoms with Crippen molar-refractivity contribution >= 4 is 5.91 Å². The Morgan fingerprint density at radius 2 is 1.50 bits per heavy atom. The van der Waals surface area contributed by atoms with E-state index in [0.717, 1.165) is 31.5 Å². The molecular formula is C20H23N3O. The van der Waals surface area contributed by atoms with Gasteiger partial charge in [-0.25, -0.2) is 9.97 Å². The highest BCUT2D eigenvalue weighted by Gasteiger charge is 2.27. The van der Waals surface area contributed by atoms with Gasteiger partial charge in [-0.2, -0.15) is 0 Å². The molecule has 0 bridgehead atoms. The van der Waals surface area contributed by atoms with Crippen molar-refractivity contribution in [2.45, 2.75) is 56.4 Å². The van der Waals surface area contributed by atoms with Crippen LogP contribution in [-0.2, 0) is 0 Å². The van der Waals surface area contributed by atoms with Crippen LogP contribution < -0.4 is 5.32 Å². The van der Waals surface area contributed by atoms with E-state index in [2.05, 4.69) is 45.6 Å². The molecule has 124 valence electrons. The topological polar surface area (TPSA) is 54.9 Å². The van der Waals surface area contributed by atoms with Gasteiger partial charge in [0.2, 0.25) is 0 Å². The number of nitrogens with one attached hydrogen (secondary N) is 1. The van der Waals surface area contributed by atoms with E-state index in [1.807, 2.05) is 0 Å². The van der Waals surface area contributed by atoms with Gasteiger partial charge in [-0.1, -0.05) is 30.3 Å². The Balaban J connectivity index is 1.30. The summed E-state index contributed by atoms with van der Waals surface area (Å²) >= 11 is 0. The second kappa shape index (κ2) is 6.71. The first-order valence-corrected chi connectivity index (χ1v) is 8.97. The molecule has 0 aliphatic heterocycles. The highest BCUT2D eigenvalue weighted by molar-refractivity contribution is 5.93. The van der Waals surface area contributed by atoms with Crippen LogP contribution in [0.4, 0.5) is 0 Å². The third kappa shape index (κ3) is 3.48. The lowest BCUT2D eigenvalue weighted by Crippen LogP contribution is -2.37. The van der Waals surface area contributed by atoms with E-state index < -0.39 is 0 Å². The van der Waals surface area contributed by atoms with Gasteiger partial charge in [-0.05, 0) is 50.0 Å². The molecule has 1 N–H and O–H groups in total. The van der Waals surface area contributed by atoms with Gasteiger partial charge < -0.3 is 5.32 Å². The van der Waals surface area contributed by atoms with Crippen molar-refractivity contribution in [3.63, 3.8) is 0 Å². The Kier molecular flexibility index (Phi) is 4.28. The fourth-order valence-electron chi connectivity index (χ4n) is 3.57. The van der Waals surface area contributed by atoms with E-state index in [9.17, 15) is 4.79 Å². The number of carbonyl (C=O) groups excluding carboxylic acids is 1. The van der Waals surface area contributed by atoms with Gasteiger partial charge in [0.15, 0.2) is 0 Å². The van der Waals surface area contributed by atoms with E-state index in [4.69, 9.17) is 0 Å². The van der Waals surface area contributed by atoms with Gasteiger partial charge in [0, 0.05) is 24.4 Å². The third-order valence-corrected chi connectivity index (χ3v) is 5.21. The largest absolute Gasteiger partial charge is 0.349 e.